The number of carbonyl (C=O) groups is 1. The number of methoxy groups -OCH3 is 1. The second-order valence-corrected chi connectivity index (χ2v) is 8.32. The molecule has 164 valence electrons. The molecule has 0 atom stereocenters. The van der Waals surface area contributed by atoms with Gasteiger partial charge in [0, 0.05) is 5.02 Å². The van der Waals surface area contributed by atoms with E-state index in [0.717, 1.165) is 15.9 Å². The SMILES string of the molecule is COc1ccc(Cl)cc1NC(=O)Cn1c(=O)n(-c2ccc(F)c(C)c2)c(=O)c2sccc21. The number of aryl methyl sites for hydroxylation is 1. The molecule has 0 radical (unpaired) electrons. The van der Waals surface area contributed by atoms with Gasteiger partial charge in [-0.1, -0.05) is 11.6 Å². The van der Waals surface area contributed by atoms with Gasteiger partial charge >= 0.3 is 5.69 Å². The third-order valence-corrected chi connectivity index (χ3v) is 6.02. The quantitative estimate of drug-likeness (QED) is 0.475. The van der Waals surface area contributed by atoms with Crippen LogP contribution in [-0.4, -0.2) is 22.2 Å². The van der Waals surface area contributed by atoms with Crippen LogP contribution in [0.3, 0.4) is 0 Å². The number of ether oxygens (including phenoxy) is 1. The third kappa shape index (κ3) is 3.92. The van der Waals surface area contributed by atoms with Gasteiger partial charge in [0.15, 0.2) is 0 Å². The molecule has 2 heterocycles. The Labute approximate surface area is 190 Å². The van der Waals surface area contributed by atoms with Crippen LogP contribution in [0, 0.1) is 12.7 Å². The number of thiophene rings is 1. The van der Waals surface area contributed by atoms with Crippen LogP contribution < -0.4 is 21.3 Å². The van der Waals surface area contributed by atoms with E-state index in [2.05, 4.69) is 5.32 Å². The van der Waals surface area contributed by atoms with Crippen molar-refractivity contribution >= 4 is 44.7 Å². The normalized spacial score (nSPS) is 11.0. The molecule has 0 aliphatic rings. The van der Waals surface area contributed by atoms with Crippen LogP contribution in [0.5, 0.6) is 5.75 Å². The van der Waals surface area contributed by atoms with E-state index >= 15 is 0 Å². The highest BCUT2D eigenvalue weighted by Crippen LogP contribution is 2.27. The van der Waals surface area contributed by atoms with Crippen molar-refractivity contribution in [3.05, 3.63) is 85.1 Å². The van der Waals surface area contributed by atoms with Crippen LogP contribution in [0.4, 0.5) is 10.1 Å². The molecule has 1 amide bonds. The second-order valence-electron chi connectivity index (χ2n) is 6.97. The monoisotopic (exact) mass is 473 g/mol. The minimum atomic E-state index is -0.708. The third-order valence-electron chi connectivity index (χ3n) is 4.89. The van der Waals surface area contributed by atoms with Gasteiger partial charge in [-0.3, -0.25) is 14.2 Å². The second kappa shape index (κ2) is 8.60. The molecule has 0 saturated carbocycles. The Kier molecular flexibility index (Phi) is 5.86. The van der Waals surface area contributed by atoms with E-state index in [1.165, 1.54) is 42.9 Å². The van der Waals surface area contributed by atoms with Crippen molar-refractivity contribution in [1.29, 1.82) is 0 Å². The first-order valence-corrected chi connectivity index (χ1v) is 10.7. The van der Waals surface area contributed by atoms with Crippen LogP contribution in [0.2, 0.25) is 5.02 Å². The number of anilines is 1. The Bertz CT molecular complexity index is 1470. The highest BCUT2D eigenvalue weighted by molar-refractivity contribution is 7.17. The van der Waals surface area contributed by atoms with Gasteiger partial charge in [0.25, 0.3) is 5.56 Å². The molecule has 4 aromatic rings. The lowest BCUT2D eigenvalue weighted by Crippen LogP contribution is -2.40. The summed E-state index contributed by atoms with van der Waals surface area (Å²) in [5, 5.41) is 4.75. The molecule has 0 spiro atoms. The summed E-state index contributed by atoms with van der Waals surface area (Å²) in [5.41, 5.74) is -0.0352. The summed E-state index contributed by atoms with van der Waals surface area (Å²) in [6.45, 7) is 1.18. The van der Waals surface area contributed by atoms with Crippen LogP contribution in [0.15, 0.2) is 57.4 Å². The molecule has 2 aromatic carbocycles. The van der Waals surface area contributed by atoms with Crippen LogP contribution >= 0.6 is 22.9 Å². The topological polar surface area (TPSA) is 82.3 Å². The zero-order valence-electron chi connectivity index (χ0n) is 17.0. The number of halogens is 2. The first kappa shape index (κ1) is 21.8. The highest BCUT2D eigenvalue weighted by atomic mass is 35.5. The summed E-state index contributed by atoms with van der Waals surface area (Å²) < 4.78 is 21.4. The summed E-state index contributed by atoms with van der Waals surface area (Å²) in [5.74, 6) is -0.558. The van der Waals surface area contributed by atoms with Crippen molar-refractivity contribution in [1.82, 2.24) is 9.13 Å². The fourth-order valence-corrected chi connectivity index (χ4v) is 4.34. The van der Waals surface area contributed by atoms with Crippen molar-refractivity contribution in [3.63, 3.8) is 0 Å². The summed E-state index contributed by atoms with van der Waals surface area (Å²) in [6.07, 6.45) is 0. The molecule has 0 unspecified atom stereocenters. The number of rotatable bonds is 5. The summed E-state index contributed by atoms with van der Waals surface area (Å²) in [6, 6.07) is 10.3. The minimum Gasteiger partial charge on any atom is -0.495 e. The Morgan fingerprint density at radius 1 is 1.19 bits per heavy atom. The molecule has 0 saturated heterocycles. The molecule has 0 aliphatic carbocycles. The van der Waals surface area contributed by atoms with Crippen LogP contribution in [0.1, 0.15) is 5.56 Å². The zero-order chi connectivity index (χ0) is 23.0. The Morgan fingerprint density at radius 3 is 2.69 bits per heavy atom. The Balaban J connectivity index is 1.80. The number of fused-ring (bicyclic) bond motifs is 1. The molecule has 1 N–H and O–H groups in total. The van der Waals surface area contributed by atoms with Crippen molar-refractivity contribution in [2.24, 2.45) is 0 Å². The first-order valence-electron chi connectivity index (χ1n) is 9.43. The van der Waals surface area contributed by atoms with E-state index in [1.54, 1.807) is 23.6 Å². The van der Waals surface area contributed by atoms with E-state index in [4.69, 9.17) is 16.3 Å². The maximum Gasteiger partial charge on any atom is 0.336 e. The summed E-state index contributed by atoms with van der Waals surface area (Å²) in [4.78, 5) is 39.1. The van der Waals surface area contributed by atoms with Crippen molar-refractivity contribution in [2.45, 2.75) is 13.5 Å². The van der Waals surface area contributed by atoms with Gasteiger partial charge in [-0.15, -0.1) is 11.3 Å². The van der Waals surface area contributed by atoms with E-state index in [9.17, 15) is 18.8 Å². The minimum absolute atomic E-state index is 0.222. The molecule has 2 aromatic heterocycles. The predicted octanol–water partition coefficient (Wildman–Crippen LogP) is 3.96. The molecule has 0 bridgehead atoms. The molecule has 4 rings (SSSR count). The van der Waals surface area contributed by atoms with Crippen molar-refractivity contribution in [2.75, 3.05) is 12.4 Å². The highest BCUT2D eigenvalue weighted by Gasteiger charge is 2.19. The number of nitrogens with one attached hydrogen (secondary N) is 1. The smallest absolute Gasteiger partial charge is 0.336 e. The molecule has 0 aliphatic heterocycles. The van der Waals surface area contributed by atoms with Crippen LogP contribution in [0.25, 0.3) is 15.9 Å². The first-order chi connectivity index (χ1) is 15.3. The Morgan fingerprint density at radius 2 is 1.97 bits per heavy atom. The van der Waals surface area contributed by atoms with Crippen LogP contribution in [-0.2, 0) is 11.3 Å². The van der Waals surface area contributed by atoms with E-state index in [-0.39, 0.29) is 17.8 Å². The molecule has 0 fully saturated rings. The largest absolute Gasteiger partial charge is 0.495 e. The number of aromatic nitrogens is 2. The number of benzene rings is 2. The Hall–Kier alpha value is -3.43. The maximum atomic E-state index is 13.7. The van der Waals surface area contributed by atoms with Gasteiger partial charge in [-0.2, -0.15) is 0 Å². The molecule has 7 nitrogen and oxygen atoms in total. The van der Waals surface area contributed by atoms with Gasteiger partial charge < -0.3 is 10.1 Å². The van der Waals surface area contributed by atoms with Crippen molar-refractivity contribution in [3.8, 4) is 11.4 Å². The van der Waals surface area contributed by atoms with Gasteiger partial charge in [0.05, 0.1) is 24.0 Å². The number of carbonyl (C=O) groups excluding carboxylic acids is 1. The van der Waals surface area contributed by atoms with Gasteiger partial charge in [-0.25, -0.2) is 13.8 Å². The predicted molar refractivity (Wildman–Crippen MR) is 123 cm³/mol. The molecular formula is C22H17ClFN3O4S. The lowest BCUT2D eigenvalue weighted by Gasteiger charge is -2.14. The van der Waals surface area contributed by atoms with Gasteiger partial charge in [0.1, 0.15) is 22.8 Å². The van der Waals surface area contributed by atoms with Crippen molar-refractivity contribution < 1.29 is 13.9 Å². The molecule has 10 heteroatoms. The molecule has 32 heavy (non-hydrogen) atoms. The maximum absolute atomic E-state index is 13.7. The average Bonchev–Trinajstić information content (AvgIpc) is 3.24. The lowest BCUT2D eigenvalue weighted by molar-refractivity contribution is -0.116. The molecular weight excluding hydrogens is 457 g/mol. The summed E-state index contributed by atoms with van der Waals surface area (Å²) >= 11 is 7.17. The fourth-order valence-electron chi connectivity index (χ4n) is 3.35. The van der Waals surface area contributed by atoms with E-state index in [0.29, 0.717) is 26.7 Å². The average molecular weight is 474 g/mol. The number of hydrogen-bond acceptors (Lipinski definition) is 5. The van der Waals surface area contributed by atoms with E-state index < -0.39 is 23.0 Å². The number of amides is 1. The summed E-state index contributed by atoms with van der Waals surface area (Å²) in [7, 11) is 1.46. The standard InChI is InChI=1S/C22H17ClFN3O4S/c1-12-9-14(4-5-15(12)24)27-21(29)20-17(7-8-32-20)26(22(27)30)11-19(28)25-16-10-13(23)3-6-18(16)31-2/h3-10H,11H2,1-2H3,(H,25,28). The zero-order valence-corrected chi connectivity index (χ0v) is 18.6. The fraction of sp³-hybridized carbons (Fsp3) is 0.136. The lowest BCUT2D eigenvalue weighted by atomic mass is 10.2. The van der Waals surface area contributed by atoms with Gasteiger partial charge in [0.2, 0.25) is 5.91 Å². The number of hydrogen-bond donors (Lipinski definition) is 1. The number of nitrogens with zero attached hydrogens (tertiary/aromatic N) is 2. The van der Waals surface area contributed by atoms with E-state index in [1.807, 2.05) is 0 Å². The van der Waals surface area contributed by atoms with Gasteiger partial charge in [-0.05, 0) is 60.3 Å².